The molecule has 22 heavy (non-hydrogen) atoms. The Bertz CT molecular complexity index is 748. The van der Waals surface area contributed by atoms with Gasteiger partial charge in [0.05, 0.1) is 16.1 Å². The number of nitriles is 1. The zero-order chi connectivity index (χ0) is 15.9. The fraction of sp³-hybridized carbons (Fsp3) is 0.0588. The van der Waals surface area contributed by atoms with Crippen LogP contribution in [0.25, 0.3) is 11.6 Å². The topological polar surface area (TPSA) is 70.3 Å². The Morgan fingerprint density at radius 1 is 1.27 bits per heavy atom. The number of rotatable bonds is 5. The molecule has 0 aromatic heterocycles. The van der Waals surface area contributed by atoms with E-state index in [4.69, 9.17) is 9.84 Å². The number of halogens is 1. The van der Waals surface area contributed by atoms with E-state index in [0.717, 1.165) is 11.1 Å². The second-order valence-corrected chi connectivity index (χ2v) is 5.26. The predicted octanol–water partition coefficient (Wildman–Crippen LogP) is 3.98. The van der Waals surface area contributed by atoms with Crippen LogP contribution in [-0.4, -0.2) is 17.7 Å². The van der Waals surface area contributed by atoms with Crippen LogP contribution in [0.5, 0.6) is 5.75 Å². The molecule has 110 valence electrons. The SMILES string of the molecule is N#C/C(=C\c1ccc(OCC(=O)O)c(Br)c1)c1ccccc1. The van der Waals surface area contributed by atoms with E-state index in [1.54, 1.807) is 24.3 Å². The molecule has 0 heterocycles. The summed E-state index contributed by atoms with van der Waals surface area (Å²) in [5, 5.41) is 17.9. The maximum Gasteiger partial charge on any atom is 0.341 e. The summed E-state index contributed by atoms with van der Waals surface area (Å²) in [6, 6.07) is 16.8. The van der Waals surface area contributed by atoms with Crippen LogP contribution in [0.15, 0.2) is 53.0 Å². The van der Waals surface area contributed by atoms with Gasteiger partial charge in [0, 0.05) is 0 Å². The van der Waals surface area contributed by atoms with Gasteiger partial charge in [-0.25, -0.2) is 4.79 Å². The van der Waals surface area contributed by atoms with Gasteiger partial charge in [0.2, 0.25) is 0 Å². The first-order chi connectivity index (χ1) is 10.6. The van der Waals surface area contributed by atoms with Gasteiger partial charge in [-0.1, -0.05) is 36.4 Å². The standard InChI is InChI=1S/C17H12BrNO3/c18-15-9-12(6-7-16(15)22-11-17(20)21)8-14(10-19)13-4-2-1-3-5-13/h1-9H,11H2,(H,20,21)/b14-8+. The number of aliphatic carboxylic acids is 1. The third-order valence-corrected chi connectivity index (χ3v) is 3.44. The third kappa shape index (κ3) is 4.21. The molecule has 0 radical (unpaired) electrons. The number of hydrogen-bond acceptors (Lipinski definition) is 3. The lowest BCUT2D eigenvalue weighted by molar-refractivity contribution is -0.139. The van der Waals surface area contributed by atoms with Crippen LogP contribution in [-0.2, 0) is 4.79 Å². The normalized spacial score (nSPS) is 10.8. The van der Waals surface area contributed by atoms with Crippen molar-refractivity contribution in [3.8, 4) is 11.8 Å². The van der Waals surface area contributed by atoms with E-state index in [2.05, 4.69) is 22.0 Å². The minimum absolute atomic E-state index is 0.402. The summed E-state index contributed by atoms with van der Waals surface area (Å²) in [4.78, 5) is 10.5. The van der Waals surface area contributed by atoms with Gasteiger partial charge >= 0.3 is 5.97 Å². The van der Waals surface area contributed by atoms with Crippen molar-refractivity contribution in [1.29, 1.82) is 5.26 Å². The van der Waals surface area contributed by atoms with Gasteiger partial charge in [-0.15, -0.1) is 0 Å². The highest BCUT2D eigenvalue weighted by Crippen LogP contribution is 2.28. The highest BCUT2D eigenvalue weighted by molar-refractivity contribution is 9.10. The molecule has 0 bridgehead atoms. The lowest BCUT2D eigenvalue weighted by Gasteiger charge is -2.07. The summed E-state index contributed by atoms with van der Waals surface area (Å²) in [6.45, 7) is -0.402. The smallest absolute Gasteiger partial charge is 0.341 e. The summed E-state index contributed by atoms with van der Waals surface area (Å²) >= 11 is 3.34. The number of ether oxygens (including phenoxy) is 1. The molecule has 2 rings (SSSR count). The van der Waals surface area contributed by atoms with Gasteiger partial charge in [-0.2, -0.15) is 5.26 Å². The van der Waals surface area contributed by atoms with E-state index in [9.17, 15) is 10.1 Å². The van der Waals surface area contributed by atoms with E-state index in [-0.39, 0.29) is 0 Å². The second kappa shape index (κ2) is 7.43. The molecular formula is C17H12BrNO3. The minimum atomic E-state index is -1.04. The highest BCUT2D eigenvalue weighted by Gasteiger charge is 2.06. The van der Waals surface area contributed by atoms with E-state index in [0.29, 0.717) is 15.8 Å². The summed E-state index contributed by atoms with van der Waals surface area (Å²) in [7, 11) is 0. The van der Waals surface area contributed by atoms with E-state index >= 15 is 0 Å². The lowest BCUT2D eigenvalue weighted by Crippen LogP contribution is -2.09. The Morgan fingerprint density at radius 3 is 2.59 bits per heavy atom. The van der Waals surface area contributed by atoms with Crippen molar-refractivity contribution in [1.82, 2.24) is 0 Å². The van der Waals surface area contributed by atoms with Crippen LogP contribution in [0.2, 0.25) is 0 Å². The number of benzene rings is 2. The van der Waals surface area contributed by atoms with Crippen LogP contribution in [0, 0.1) is 11.3 Å². The number of nitrogens with zero attached hydrogens (tertiary/aromatic N) is 1. The highest BCUT2D eigenvalue weighted by atomic mass is 79.9. The predicted molar refractivity (Wildman–Crippen MR) is 87.2 cm³/mol. The van der Waals surface area contributed by atoms with Gasteiger partial charge in [0.1, 0.15) is 5.75 Å². The molecule has 0 amide bonds. The Kier molecular flexibility index (Phi) is 5.34. The van der Waals surface area contributed by atoms with Crippen molar-refractivity contribution in [2.75, 3.05) is 6.61 Å². The van der Waals surface area contributed by atoms with Crippen LogP contribution in [0.4, 0.5) is 0 Å². The first kappa shape index (κ1) is 15.8. The van der Waals surface area contributed by atoms with Crippen LogP contribution in [0.1, 0.15) is 11.1 Å². The van der Waals surface area contributed by atoms with E-state index < -0.39 is 12.6 Å². The summed E-state index contributed by atoms with van der Waals surface area (Å²) in [6.07, 6.45) is 1.76. The summed E-state index contributed by atoms with van der Waals surface area (Å²) < 4.78 is 5.77. The summed E-state index contributed by atoms with van der Waals surface area (Å²) in [5.74, 6) is -0.593. The van der Waals surface area contributed by atoms with E-state index in [1.165, 1.54) is 0 Å². The fourth-order valence-corrected chi connectivity index (χ4v) is 2.34. The van der Waals surface area contributed by atoms with E-state index in [1.807, 2.05) is 30.3 Å². The molecule has 0 saturated carbocycles. The molecule has 5 heteroatoms. The number of carbonyl (C=O) groups is 1. The quantitative estimate of drug-likeness (QED) is 0.648. The molecule has 0 aliphatic carbocycles. The minimum Gasteiger partial charge on any atom is -0.481 e. The van der Waals surface area contributed by atoms with Crippen molar-refractivity contribution >= 4 is 33.5 Å². The van der Waals surface area contributed by atoms with Gasteiger partial charge in [0.25, 0.3) is 0 Å². The molecule has 0 fully saturated rings. The third-order valence-electron chi connectivity index (χ3n) is 2.82. The number of carboxylic acids is 1. The molecule has 1 N–H and O–H groups in total. The van der Waals surface area contributed by atoms with Gasteiger partial charge in [-0.3, -0.25) is 0 Å². The molecule has 0 atom stereocenters. The van der Waals surface area contributed by atoms with Gasteiger partial charge in [0.15, 0.2) is 6.61 Å². The van der Waals surface area contributed by atoms with Crippen molar-refractivity contribution in [3.63, 3.8) is 0 Å². The molecular weight excluding hydrogens is 346 g/mol. The number of carboxylic acid groups (broad SMARTS) is 1. The summed E-state index contributed by atoms with van der Waals surface area (Å²) in [5.41, 5.74) is 2.20. The Labute approximate surface area is 136 Å². The zero-order valence-electron chi connectivity index (χ0n) is 11.5. The van der Waals surface area contributed by atoms with Crippen LogP contribution >= 0.6 is 15.9 Å². The van der Waals surface area contributed by atoms with Crippen molar-refractivity contribution in [2.24, 2.45) is 0 Å². The molecule has 4 nitrogen and oxygen atoms in total. The molecule has 0 saturated heterocycles. The van der Waals surface area contributed by atoms with Gasteiger partial charge in [-0.05, 0) is 45.3 Å². The first-order valence-corrected chi connectivity index (χ1v) is 7.21. The molecule has 2 aromatic carbocycles. The molecule has 0 aliphatic heterocycles. The Morgan fingerprint density at radius 2 is 2.00 bits per heavy atom. The zero-order valence-corrected chi connectivity index (χ0v) is 13.1. The maximum absolute atomic E-state index is 10.5. The monoisotopic (exact) mass is 357 g/mol. The van der Waals surface area contributed by atoms with Crippen molar-refractivity contribution < 1.29 is 14.6 Å². The number of allylic oxidation sites excluding steroid dienone is 1. The lowest BCUT2D eigenvalue weighted by atomic mass is 10.0. The largest absolute Gasteiger partial charge is 0.481 e. The van der Waals surface area contributed by atoms with Crippen LogP contribution < -0.4 is 4.74 Å². The fourth-order valence-electron chi connectivity index (χ4n) is 1.83. The van der Waals surface area contributed by atoms with Crippen molar-refractivity contribution in [3.05, 3.63) is 64.1 Å². The average Bonchev–Trinajstić information content (AvgIpc) is 2.52. The van der Waals surface area contributed by atoms with Crippen LogP contribution in [0.3, 0.4) is 0 Å². The van der Waals surface area contributed by atoms with Gasteiger partial charge < -0.3 is 9.84 Å². The first-order valence-electron chi connectivity index (χ1n) is 6.41. The maximum atomic E-state index is 10.5. The Hall–Kier alpha value is -2.58. The molecule has 0 aliphatic rings. The average molecular weight is 358 g/mol. The second-order valence-electron chi connectivity index (χ2n) is 4.41. The van der Waals surface area contributed by atoms with Crippen molar-refractivity contribution in [2.45, 2.75) is 0 Å². The molecule has 0 unspecified atom stereocenters. The molecule has 2 aromatic rings. The number of hydrogen-bond donors (Lipinski definition) is 1. The molecule has 0 spiro atoms. The Balaban J connectivity index is 2.26.